The van der Waals surface area contributed by atoms with Crippen LogP contribution in [0.2, 0.25) is 0 Å². The van der Waals surface area contributed by atoms with Crippen molar-refractivity contribution in [1.29, 1.82) is 0 Å². The van der Waals surface area contributed by atoms with Gasteiger partial charge < -0.3 is 15.8 Å². The summed E-state index contributed by atoms with van der Waals surface area (Å²) in [6.45, 7) is 5.23. The van der Waals surface area contributed by atoms with Crippen LogP contribution in [0, 0.1) is 11.8 Å². The second-order valence-electron chi connectivity index (χ2n) is 6.03. The quantitative estimate of drug-likeness (QED) is 0.798. The number of amides is 1. The van der Waals surface area contributed by atoms with Gasteiger partial charge >= 0.3 is 0 Å². The standard InChI is InChI=1S/C14H26N2O2/c1-9-8-10(2)16-12(13(9)14(15)17)6-5-11-4-3-7-18-11/h9-13,16H,3-8H2,1-2H3,(H2,15,17). The monoisotopic (exact) mass is 254 g/mol. The number of piperidine rings is 1. The molecule has 2 rings (SSSR count). The fourth-order valence-electron chi connectivity index (χ4n) is 3.62. The number of hydrogen-bond donors (Lipinski definition) is 2. The lowest BCUT2D eigenvalue weighted by atomic mass is 9.77. The van der Waals surface area contributed by atoms with Crippen molar-refractivity contribution in [3.05, 3.63) is 0 Å². The van der Waals surface area contributed by atoms with Gasteiger partial charge in [-0.15, -0.1) is 0 Å². The Labute approximate surface area is 110 Å². The van der Waals surface area contributed by atoms with Gasteiger partial charge in [-0.05, 0) is 44.9 Å². The van der Waals surface area contributed by atoms with Crippen LogP contribution in [0.25, 0.3) is 0 Å². The van der Waals surface area contributed by atoms with Crippen LogP contribution in [0.15, 0.2) is 0 Å². The van der Waals surface area contributed by atoms with Gasteiger partial charge in [-0.25, -0.2) is 0 Å². The Hall–Kier alpha value is -0.610. The second-order valence-corrected chi connectivity index (χ2v) is 6.03. The first kappa shape index (κ1) is 13.8. The van der Waals surface area contributed by atoms with Crippen molar-refractivity contribution in [3.63, 3.8) is 0 Å². The molecule has 0 saturated carbocycles. The van der Waals surface area contributed by atoms with Crippen LogP contribution in [0.5, 0.6) is 0 Å². The molecule has 1 amide bonds. The Balaban J connectivity index is 1.91. The van der Waals surface area contributed by atoms with Crippen molar-refractivity contribution in [2.75, 3.05) is 6.61 Å². The summed E-state index contributed by atoms with van der Waals surface area (Å²) in [5.41, 5.74) is 5.57. The van der Waals surface area contributed by atoms with E-state index < -0.39 is 0 Å². The van der Waals surface area contributed by atoms with Crippen LogP contribution in [-0.2, 0) is 9.53 Å². The predicted molar refractivity (Wildman–Crippen MR) is 71.1 cm³/mol. The van der Waals surface area contributed by atoms with Crippen LogP contribution in [0.4, 0.5) is 0 Å². The zero-order valence-corrected chi connectivity index (χ0v) is 11.5. The van der Waals surface area contributed by atoms with Crippen LogP contribution in [0.1, 0.15) is 46.0 Å². The number of rotatable bonds is 4. The number of carbonyl (C=O) groups is 1. The lowest BCUT2D eigenvalue weighted by Gasteiger charge is -2.39. The third-order valence-electron chi connectivity index (χ3n) is 4.42. The highest BCUT2D eigenvalue weighted by atomic mass is 16.5. The second kappa shape index (κ2) is 6.02. The van der Waals surface area contributed by atoms with Crippen LogP contribution in [0.3, 0.4) is 0 Å². The molecule has 3 N–H and O–H groups in total. The molecule has 4 nitrogen and oxygen atoms in total. The molecule has 0 aromatic carbocycles. The first-order valence-corrected chi connectivity index (χ1v) is 7.25. The first-order chi connectivity index (χ1) is 8.58. The smallest absolute Gasteiger partial charge is 0.222 e. The molecule has 2 fully saturated rings. The van der Waals surface area contributed by atoms with E-state index in [1.54, 1.807) is 0 Å². The number of hydrogen-bond acceptors (Lipinski definition) is 3. The van der Waals surface area contributed by atoms with Gasteiger partial charge in [-0.3, -0.25) is 4.79 Å². The van der Waals surface area contributed by atoms with E-state index in [1.165, 1.54) is 12.8 Å². The predicted octanol–water partition coefficient (Wildman–Crippen LogP) is 1.43. The Morgan fingerprint density at radius 2 is 2.17 bits per heavy atom. The van der Waals surface area contributed by atoms with Crippen molar-refractivity contribution >= 4 is 5.91 Å². The molecular weight excluding hydrogens is 228 g/mol. The van der Waals surface area contributed by atoms with Gasteiger partial charge in [0.05, 0.1) is 12.0 Å². The van der Waals surface area contributed by atoms with Crippen molar-refractivity contribution in [2.45, 2.75) is 64.1 Å². The number of ether oxygens (including phenoxy) is 1. The molecule has 0 spiro atoms. The molecule has 2 saturated heterocycles. The minimum atomic E-state index is -0.153. The molecule has 0 aromatic rings. The molecule has 2 heterocycles. The molecule has 0 bridgehead atoms. The first-order valence-electron chi connectivity index (χ1n) is 7.25. The van der Waals surface area contributed by atoms with Crippen molar-refractivity contribution in [1.82, 2.24) is 5.32 Å². The zero-order chi connectivity index (χ0) is 13.1. The Morgan fingerprint density at radius 3 is 2.78 bits per heavy atom. The van der Waals surface area contributed by atoms with Gasteiger partial charge in [0.15, 0.2) is 0 Å². The van der Waals surface area contributed by atoms with E-state index in [4.69, 9.17) is 10.5 Å². The highest BCUT2D eigenvalue weighted by Crippen LogP contribution is 2.29. The lowest BCUT2D eigenvalue weighted by molar-refractivity contribution is -0.125. The number of nitrogens with one attached hydrogen (secondary N) is 1. The fourth-order valence-corrected chi connectivity index (χ4v) is 3.62. The van der Waals surface area contributed by atoms with Gasteiger partial charge in [-0.1, -0.05) is 6.92 Å². The topological polar surface area (TPSA) is 64.4 Å². The summed E-state index contributed by atoms with van der Waals surface area (Å²) in [6, 6.07) is 0.704. The lowest BCUT2D eigenvalue weighted by Crippen LogP contribution is -2.54. The largest absolute Gasteiger partial charge is 0.378 e. The van der Waals surface area contributed by atoms with Gasteiger partial charge in [0.25, 0.3) is 0 Å². The maximum Gasteiger partial charge on any atom is 0.222 e. The molecule has 5 unspecified atom stereocenters. The van der Waals surface area contributed by atoms with E-state index in [0.717, 1.165) is 25.9 Å². The molecule has 0 aliphatic carbocycles. The van der Waals surface area contributed by atoms with E-state index in [2.05, 4.69) is 19.2 Å². The molecule has 2 aliphatic rings. The van der Waals surface area contributed by atoms with Crippen molar-refractivity contribution < 1.29 is 9.53 Å². The van der Waals surface area contributed by atoms with Crippen LogP contribution in [-0.4, -0.2) is 30.7 Å². The van der Waals surface area contributed by atoms with Crippen molar-refractivity contribution in [3.8, 4) is 0 Å². The Morgan fingerprint density at radius 1 is 1.39 bits per heavy atom. The molecule has 0 aromatic heterocycles. The minimum Gasteiger partial charge on any atom is -0.378 e. The summed E-state index contributed by atoms with van der Waals surface area (Å²) in [5.74, 6) is 0.204. The molecule has 5 atom stereocenters. The number of nitrogens with two attached hydrogens (primary N) is 1. The van der Waals surface area contributed by atoms with Gasteiger partial charge in [-0.2, -0.15) is 0 Å². The maximum absolute atomic E-state index is 11.6. The number of carbonyl (C=O) groups excluding carboxylic acids is 1. The minimum absolute atomic E-state index is 0.0254. The van der Waals surface area contributed by atoms with Gasteiger partial charge in [0.1, 0.15) is 0 Å². The summed E-state index contributed by atoms with van der Waals surface area (Å²) in [5, 5.41) is 3.55. The Kier molecular flexibility index (Phi) is 4.62. The van der Waals surface area contributed by atoms with E-state index in [1.807, 2.05) is 0 Å². The summed E-state index contributed by atoms with van der Waals surface area (Å²) in [6.07, 6.45) is 5.80. The summed E-state index contributed by atoms with van der Waals surface area (Å²) in [4.78, 5) is 11.6. The van der Waals surface area contributed by atoms with E-state index in [-0.39, 0.29) is 17.9 Å². The average Bonchev–Trinajstić information content (AvgIpc) is 2.77. The number of primary amides is 1. The van der Waals surface area contributed by atoms with Crippen LogP contribution >= 0.6 is 0 Å². The SMILES string of the molecule is CC1CC(C)C(C(N)=O)C(CCC2CCCO2)N1. The third-order valence-corrected chi connectivity index (χ3v) is 4.42. The van der Waals surface area contributed by atoms with Gasteiger partial charge in [0.2, 0.25) is 5.91 Å². The fraction of sp³-hybridized carbons (Fsp3) is 0.929. The zero-order valence-electron chi connectivity index (χ0n) is 11.5. The van der Waals surface area contributed by atoms with Crippen molar-refractivity contribution in [2.24, 2.45) is 17.6 Å². The molecule has 0 radical (unpaired) electrons. The van der Waals surface area contributed by atoms with E-state index in [0.29, 0.717) is 18.1 Å². The highest BCUT2D eigenvalue weighted by Gasteiger charge is 2.37. The van der Waals surface area contributed by atoms with Gasteiger partial charge in [0, 0.05) is 18.7 Å². The Bertz CT molecular complexity index is 290. The highest BCUT2D eigenvalue weighted by molar-refractivity contribution is 5.77. The average molecular weight is 254 g/mol. The third kappa shape index (κ3) is 3.23. The molecular formula is C14H26N2O2. The normalized spacial score (nSPS) is 40.9. The van der Waals surface area contributed by atoms with E-state index >= 15 is 0 Å². The molecule has 18 heavy (non-hydrogen) atoms. The summed E-state index contributed by atoms with van der Waals surface area (Å²) in [7, 11) is 0. The van der Waals surface area contributed by atoms with Crippen LogP contribution < -0.4 is 11.1 Å². The molecule has 2 aliphatic heterocycles. The maximum atomic E-state index is 11.6. The molecule has 4 heteroatoms. The van der Waals surface area contributed by atoms with E-state index in [9.17, 15) is 4.79 Å². The summed E-state index contributed by atoms with van der Waals surface area (Å²) >= 11 is 0. The summed E-state index contributed by atoms with van der Waals surface area (Å²) < 4.78 is 5.65. The molecule has 104 valence electrons.